The summed E-state index contributed by atoms with van der Waals surface area (Å²) >= 11 is 7.46. The number of benzene rings is 2. The molecule has 206 valence electrons. The van der Waals surface area contributed by atoms with E-state index in [1.54, 1.807) is 17.7 Å². The van der Waals surface area contributed by atoms with Crippen molar-refractivity contribution >= 4 is 34.9 Å². The number of hydrogen-bond donors (Lipinski definition) is 0. The molecule has 2 aromatic heterocycles. The van der Waals surface area contributed by atoms with Crippen LogP contribution in [0.4, 0.5) is 0 Å². The van der Waals surface area contributed by atoms with Crippen LogP contribution in [0.15, 0.2) is 64.3 Å². The van der Waals surface area contributed by atoms with Crippen molar-refractivity contribution in [3.63, 3.8) is 0 Å². The molecule has 0 aliphatic carbocycles. The third-order valence-electron chi connectivity index (χ3n) is 6.99. The van der Waals surface area contributed by atoms with Crippen molar-refractivity contribution in [3.05, 3.63) is 91.7 Å². The van der Waals surface area contributed by atoms with Crippen molar-refractivity contribution in [3.8, 4) is 33.3 Å². The van der Waals surface area contributed by atoms with E-state index < -0.39 is 0 Å². The Morgan fingerprint density at radius 1 is 1.05 bits per heavy atom. The van der Waals surface area contributed by atoms with Crippen molar-refractivity contribution in [1.29, 1.82) is 0 Å². The van der Waals surface area contributed by atoms with Gasteiger partial charge in [0.1, 0.15) is 10.8 Å². The summed E-state index contributed by atoms with van der Waals surface area (Å²) in [7, 11) is 1.59. The van der Waals surface area contributed by atoms with Crippen molar-refractivity contribution in [2.45, 2.75) is 40.0 Å². The smallest absolute Gasteiger partial charge is 0.266 e. The van der Waals surface area contributed by atoms with Gasteiger partial charge in [0.15, 0.2) is 0 Å². The lowest BCUT2D eigenvalue weighted by atomic mass is 10.0. The first kappa shape index (κ1) is 27.9. The molecule has 1 aliphatic heterocycles. The lowest BCUT2D eigenvalue weighted by Crippen LogP contribution is -2.37. The van der Waals surface area contributed by atoms with Crippen LogP contribution >= 0.6 is 22.9 Å². The molecule has 5 rings (SSSR count). The Morgan fingerprint density at radius 2 is 1.77 bits per heavy atom. The Balaban J connectivity index is 1.79. The number of rotatable bonds is 6. The number of methoxy groups -OCH3 is 1. The van der Waals surface area contributed by atoms with Crippen LogP contribution in [0, 0.1) is 6.92 Å². The third kappa shape index (κ3) is 5.62. The maximum Gasteiger partial charge on any atom is 0.266 e. The Bertz CT molecular complexity index is 1640. The number of allylic oxidation sites excluding steroid dienone is 1. The molecule has 0 unspecified atom stereocenters. The second-order valence-electron chi connectivity index (χ2n) is 10.3. The fourth-order valence-electron chi connectivity index (χ4n) is 5.00. The van der Waals surface area contributed by atoms with E-state index in [1.807, 2.05) is 79.6 Å². The summed E-state index contributed by atoms with van der Waals surface area (Å²) in [5, 5.41) is 3.11. The summed E-state index contributed by atoms with van der Waals surface area (Å²) in [4.78, 5) is 35.2. The molecule has 1 fully saturated rings. The molecule has 4 aromatic rings. The highest BCUT2D eigenvalue weighted by Crippen LogP contribution is 2.32. The van der Waals surface area contributed by atoms with Crippen LogP contribution < -0.4 is 10.3 Å². The summed E-state index contributed by atoms with van der Waals surface area (Å²) in [6.45, 7) is 7.30. The molecule has 3 heterocycles. The maximum atomic E-state index is 14.4. The van der Waals surface area contributed by atoms with Crippen molar-refractivity contribution in [2.75, 3.05) is 20.2 Å². The van der Waals surface area contributed by atoms with Gasteiger partial charge in [-0.15, -0.1) is 11.3 Å². The number of thiazole rings is 1. The predicted molar refractivity (Wildman–Crippen MR) is 164 cm³/mol. The van der Waals surface area contributed by atoms with Gasteiger partial charge in [0.05, 0.1) is 35.3 Å². The van der Waals surface area contributed by atoms with Gasteiger partial charge >= 0.3 is 0 Å². The first-order valence-corrected chi connectivity index (χ1v) is 14.6. The average Bonchev–Trinajstić information content (AvgIpc) is 3.43. The SMILES string of the molecule is COc1ccc(C)cc1-n1c(C=C(C)C)c(C(=O)N2CCCCC2)cc(-c2nc(-c3ccc(Cl)cc3)cs2)c1=O. The maximum absolute atomic E-state index is 14.4. The van der Waals surface area contributed by atoms with E-state index in [9.17, 15) is 9.59 Å². The molecule has 0 saturated carbocycles. The molecule has 2 aromatic carbocycles. The number of ether oxygens (including phenoxy) is 1. The monoisotopic (exact) mass is 573 g/mol. The number of halogens is 1. The van der Waals surface area contributed by atoms with Crippen molar-refractivity contribution in [1.82, 2.24) is 14.5 Å². The van der Waals surface area contributed by atoms with E-state index in [0.29, 0.717) is 51.4 Å². The van der Waals surface area contributed by atoms with Crippen LogP contribution in [0.25, 0.3) is 33.6 Å². The zero-order chi connectivity index (χ0) is 28.4. The Labute approximate surface area is 243 Å². The quantitative estimate of drug-likeness (QED) is 0.238. The molecule has 6 nitrogen and oxygen atoms in total. The number of carbonyl (C=O) groups excluding carboxylic acids is 1. The third-order valence-corrected chi connectivity index (χ3v) is 8.12. The molecule has 1 amide bonds. The summed E-state index contributed by atoms with van der Waals surface area (Å²) < 4.78 is 7.32. The number of pyridine rings is 1. The first-order valence-electron chi connectivity index (χ1n) is 13.4. The highest BCUT2D eigenvalue weighted by molar-refractivity contribution is 7.13. The minimum absolute atomic E-state index is 0.0803. The van der Waals surface area contributed by atoms with Gasteiger partial charge in [-0.3, -0.25) is 14.2 Å². The minimum Gasteiger partial charge on any atom is -0.495 e. The number of amides is 1. The zero-order valence-electron chi connectivity index (χ0n) is 23.2. The van der Waals surface area contributed by atoms with Gasteiger partial charge in [0.25, 0.3) is 11.5 Å². The topological polar surface area (TPSA) is 64.4 Å². The number of piperidine rings is 1. The highest BCUT2D eigenvalue weighted by atomic mass is 35.5. The molecular weight excluding hydrogens is 542 g/mol. The molecule has 8 heteroatoms. The normalized spacial score (nSPS) is 13.3. The second-order valence-corrected chi connectivity index (χ2v) is 11.6. The van der Waals surface area contributed by atoms with Crippen LogP contribution in [0.1, 0.15) is 54.7 Å². The molecule has 0 N–H and O–H groups in total. The van der Waals surface area contributed by atoms with Gasteiger partial charge in [0.2, 0.25) is 0 Å². The molecule has 0 radical (unpaired) electrons. The lowest BCUT2D eigenvalue weighted by Gasteiger charge is -2.28. The highest BCUT2D eigenvalue weighted by Gasteiger charge is 2.27. The predicted octanol–water partition coefficient (Wildman–Crippen LogP) is 7.65. The molecule has 40 heavy (non-hydrogen) atoms. The molecule has 0 atom stereocenters. The minimum atomic E-state index is -0.261. The molecule has 1 saturated heterocycles. The van der Waals surface area contributed by atoms with Gasteiger partial charge in [-0.25, -0.2) is 4.98 Å². The van der Waals surface area contributed by atoms with E-state index in [0.717, 1.165) is 41.7 Å². The van der Waals surface area contributed by atoms with Gasteiger partial charge < -0.3 is 9.64 Å². The van der Waals surface area contributed by atoms with Gasteiger partial charge in [-0.1, -0.05) is 35.4 Å². The zero-order valence-corrected chi connectivity index (χ0v) is 24.7. The van der Waals surface area contributed by atoms with Crippen LogP contribution in [-0.2, 0) is 0 Å². The van der Waals surface area contributed by atoms with E-state index >= 15 is 0 Å². The van der Waals surface area contributed by atoms with E-state index in [1.165, 1.54) is 11.3 Å². The van der Waals surface area contributed by atoms with Gasteiger partial charge in [0, 0.05) is 29.1 Å². The lowest BCUT2D eigenvalue weighted by molar-refractivity contribution is 0.0723. The number of aromatic nitrogens is 2. The number of hydrogen-bond acceptors (Lipinski definition) is 5. The second kappa shape index (κ2) is 11.8. The van der Waals surface area contributed by atoms with Crippen molar-refractivity contribution < 1.29 is 9.53 Å². The van der Waals surface area contributed by atoms with Crippen molar-refractivity contribution in [2.24, 2.45) is 0 Å². The molecular formula is C32H32ClN3O3S. The Morgan fingerprint density at radius 3 is 2.45 bits per heavy atom. The number of nitrogens with zero attached hydrogens (tertiary/aromatic N) is 3. The van der Waals surface area contributed by atoms with Gasteiger partial charge in [-0.2, -0.15) is 0 Å². The van der Waals surface area contributed by atoms with Crippen LogP contribution in [0.3, 0.4) is 0 Å². The average molecular weight is 574 g/mol. The fraction of sp³-hybridized carbons (Fsp3) is 0.281. The van der Waals surface area contributed by atoms with E-state index in [2.05, 4.69) is 0 Å². The summed E-state index contributed by atoms with van der Waals surface area (Å²) in [6, 6.07) is 14.9. The van der Waals surface area contributed by atoms with Crippen LogP contribution in [0.5, 0.6) is 5.75 Å². The summed E-state index contributed by atoms with van der Waals surface area (Å²) in [5.74, 6) is 0.467. The Kier molecular flexibility index (Phi) is 8.24. The van der Waals surface area contributed by atoms with Crippen LogP contribution in [0.2, 0.25) is 5.02 Å². The largest absolute Gasteiger partial charge is 0.495 e. The standard InChI is InChI=1S/C32H32ClN3O3S/c1-20(2)16-27-24(31(37)35-14-6-5-7-15-35)18-25(30-34-26(19-40-30)22-9-11-23(33)12-10-22)32(38)36(27)28-17-21(3)8-13-29(28)39-4/h8-13,16-19H,5-7,14-15H2,1-4H3. The molecule has 1 aliphatic rings. The molecule has 0 bridgehead atoms. The summed E-state index contributed by atoms with van der Waals surface area (Å²) in [5.41, 5.74) is 5.31. The van der Waals surface area contributed by atoms with Crippen LogP contribution in [-0.4, -0.2) is 40.6 Å². The molecule has 0 spiro atoms. The number of likely N-dealkylation sites (tertiary alicyclic amines) is 1. The number of aryl methyl sites for hydroxylation is 1. The Hall–Kier alpha value is -3.68. The summed E-state index contributed by atoms with van der Waals surface area (Å²) in [6.07, 6.45) is 4.96. The fourth-order valence-corrected chi connectivity index (χ4v) is 5.96. The first-order chi connectivity index (χ1) is 19.3. The number of carbonyl (C=O) groups is 1. The van der Waals surface area contributed by atoms with Gasteiger partial charge in [-0.05, 0) is 82.0 Å². The van der Waals surface area contributed by atoms with E-state index in [-0.39, 0.29) is 11.5 Å². The van der Waals surface area contributed by atoms with E-state index in [4.69, 9.17) is 21.3 Å².